The van der Waals surface area contributed by atoms with E-state index < -0.39 is 49.6 Å². The van der Waals surface area contributed by atoms with Gasteiger partial charge >= 0.3 is 5.97 Å². The molecule has 0 aromatic carbocycles. The molecule has 8 nitrogen and oxygen atoms in total. The van der Waals surface area contributed by atoms with Gasteiger partial charge in [-0.3, -0.25) is 0 Å². The molecule has 1 aliphatic rings. The highest BCUT2D eigenvalue weighted by Gasteiger charge is 2.44. The third-order valence-electron chi connectivity index (χ3n) is 2.80. The van der Waals surface area contributed by atoms with Crippen LogP contribution in [-0.2, 0) is 19.0 Å². The van der Waals surface area contributed by atoms with Crippen LogP contribution < -0.4 is 0 Å². The minimum absolute atomic E-state index is 0.175. The van der Waals surface area contributed by atoms with Crippen molar-refractivity contribution in [1.29, 1.82) is 0 Å². The van der Waals surface area contributed by atoms with Crippen LogP contribution in [-0.4, -0.2) is 70.0 Å². The largest absolute Gasteiger partial charge is 0.433 e. The van der Waals surface area contributed by atoms with Gasteiger partial charge in [-0.25, -0.2) is 4.79 Å². The summed E-state index contributed by atoms with van der Waals surface area (Å²) in [6.45, 7) is 5.69. The normalized spacial score (nSPS) is 35.4. The summed E-state index contributed by atoms with van der Waals surface area (Å²) in [5.74, 6) is -0.679. The lowest BCUT2D eigenvalue weighted by molar-refractivity contribution is -0.329. The maximum absolute atomic E-state index is 11.3. The van der Waals surface area contributed by atoms with Gasteiger partial charge in [0.25, 0.3) is 0 Å². The Morgan fingerprint density at radius 2 is 1.90 bits per heavy atom. The van der Waals surface area contributed by atoms with Gasteiger partial charge in [0.2, 0.25) is 6.29 Å². The van der Waals surface area contributed by atoms with Crippen LogP contribution in [0.2, 0.25) is 0 Å². The lowest BCUT2D eigenvalue weighted by Gasteiger charge is -2.40. The van der Waals surface area contributed by atoms with Crippen molar-refractivity contribution in [1.82, 2.24) is 0 Å². The van der Waals surface area contributed by atoms with Crippen LogP contribution in [0.25, 0.3) is 0 Å². The van der Waals surface area contributed by atoms with Crippen LogP contribution in [0.1, 0.15) is 13.8 Å². The molecule has 4 N–H and O–H groups in total. The SMILES string of the molecule is C=C(C)C(=O)OC(C)OC1O[C@H](CO)[C@@H](O)[C@H](O)[C@H]1O. The Morgan fingerprint density at radius 3 is 2.40 bits per heavy atom. The first kappa shape index (κ1) is 17.0. The highest BCUT2D eigenvalue weighted by atomic mass is 16.8. The van der Waals surface area contributed by atoms with Crippen molar-refractivity contribution >= 4 is 5.97 Å². The number of ether oxygens (including phenoxy) is 3. The highest BCUT2D eigenvalue weighted by molar-refractivity contribution is 5.86. The van der Waals surface area contributed by atoms with Gasteiger partial charge in [-0.1, -0.05) is 6.58 Å². The summed E-state index contributed by atoms with van der Waals surface area (Å²) in [6.07, 6.45) is -8.06. The van der Waals surface area contributed by atoms with Gasteiger partial charge in [0.15, 0.2) is 6.29 Å². The van der Waals surface area contributed by atoms with E-state index in [-0.39, 0.29) is 5.57 Å². The van der Waals surface area contributed by atoms with E-state index >= 15 is 0 Å². The van der Waals surface area contributed by atoms with Crippen molar-refractivity contribution in [3.8, 4) is 0 Å². The number of aliphatic hydroxyl groups excluding tert-OH is 4. The van der Waals surface area contributed by atoms with E-state index in [1.807, 2.05) is 0 Å². The van der Waals surface area contributed by atoms with Crippen LogP contribution >= 0.6 is 0 Å². The topological polar surface area (TPSA) is 126 Å². The Morgan fingerprint density at radius 1 is 1.30 bits per heavy atom. The third-order valence-corrected chi connectivity index (χ3v) is 2.80. The van der Waals surface area contributed by atoms with Gasteiger partial charge in [0, 0.05) is 5.57 Å². The molecule has 0 bridgehead atoms. The van der Waals surface area contributed by atoms with Crippen molar-refractivity contribution in [3.63, 3.8) is 0 Å². The quantitative estimate of drug-likeness (QED) is 0.267. The summed E-state index contributed by atoms with van der Waals surface area (Å²) in [4.78, 5) is 11.3. The van der Waals surface area contributed by atoms with Gasteiger partial charge in [0.05, 0.1) is 6.61 Å². The second kappa shape index (κ2) is 7.11. The van der Waals surface area contributed by atoms with E-state index in [2.05, 4.69) is 6.58 Å². The first-order valence-corrected chi connectivity index (χ1v) is 6.10. The molecule has 1 saturated heterocycles. The Bertz CT molecular complexity index is 355. The van der Waals surface area contributed by atoms with Gasteiger partial charge in [0.1, 0.15) is 24.4 Å². The molecule has 0 radical (unpaired) electrons. The lowest BCUT2D eigenvalue weighted by atomic mass is 9.99. The molecule has 1 rings (SSSR count). The van der Waals surface area contributed by atoms with E-state index in [9.17, 15) is 20.1 Å². The van der Waals surface area contributed by atoms with Crippen molar-refractivity contribution in [2.24, 2.45) is 0 Å². The fourth-order valence-electron chi connectivity index (χ4n) is 1.65. The molecule has 0 saturated carbocycles. The summed E-state index contributed by atoms with van der Waals surface area (Å²) < 4.78 is 15.1. The van der Waals surface area contributed by atoms with Gasteiger partial charge in [-0.05, 0) is 13.8 Å². The molecule has 8 heteroatoms. The summed E-state index contributed by atoms with van der Waals surface area (Å²) in [5.41, 5.74) is 0.175. The Kier molecular flexibility index (Phi) is 6.06. The van der Waals surface area contributed by atoms with E-state index in [0.29, 0.717) is 0 Å². The van der Waals surface area contributed by atoms with Gasteiger partial charge in [-0.2, -0.15) is 0 Å². The van der Waals surface area contributed by atoms with Crippen LogP contribution in [0.5, 0.6) is 0 Å². The maximum Gasteiger partial charge on any atom is 0.335 e. The summed E-state index contributed by atoms with van der Waals surface area (Å²) in [7, 11) is 0. The molecule has 0 aromatic heterocycles. The Balaban J connectivity index is 2.61. The zero-order chi connectivity index (χ0) is 15.4. The molecule has 116 valence electrons. The second-order valence-corrected chi connectivity index (χ2v) is 4.59. The first-order chi connectivity index (χ1) is 9.27. The Labute approximate surface area is 116 Å². The zero-order valence-electron chi connectivity index (χ0n) is 11.3. The summed E-state index contributed by atoms with van der Waals surface area (Å²) >= 11 is 0. The fraction of sp³-hybridized carbons (Fsp3) is 0.750. The smallest absolute Gasteiger partial charge is 0.335 e. The minimum atomic E-state index is -1.55. The standard InChI is InChI=1S/C12H20O8/c1-5(2)11(17)18-6(3)19-12-10(16)9(15)8(14)7(4-13)20-12/h6-10,12-16H,1,4H2,2-3H3/t6?,7-,8-,9+,10-,12?/m1/s1. The summed E-state index contributed by atoms with van der Waals surface area (Å²) in [6, 6.07) is 0. The molecule has 20 heavy (non-hydrogen) atoms. The van der Waals surface area contributed by atoms with Crippen LogP contribution in [0.4, 0.5) is 0 Å². The maximum atomic E-state index is 11.3. The number of rotatable bonds is 5. The van der Waals surface area contributed by atoms with E-state index in [1.165, 1.54) is 13.8 Å². The monoisotopic (exact) mass is 292 g/mol. The van der Waals surface area contributed by atoms with Crippen LogP contribution in [0.15, 0.2) is 12.2 Å². The lowest BCUT2D eigenvalue weighted by Crippen LogP contribution is -2.59. The first-order valence-electron chi connectivity index (χ1n) is 6.10. The molecule has 0 aliphatic carbocycles. The number of aliphatic hydroxyl groups is 4. The molecular formula is C12H20O8. The number of esters is 1. The fourth-order valence-corrected chi connectivity index (χ4v) is 1.65. The van der Waals surface area contributed by atoms with Gasteiger partial charge < -0.3 is 34.6 Å². The van der Waals surface area contributed by atoms with E-state index in [1.54, 1.807) is 0 Å². The van der Waals surface area contributed by atoms with Crippen molar-refractivity contribution in [2.75, 3.05) is 6.61 Å². The second-order valence-electron chi connectivity index (χ2n) is 4.59. The zero-order valence-corrected chi connectivity index (χ0v) is 11.3. The van der Waals surface area contributed by atoms with E-state index in [0.717, 1.165) is 0 Å². The average Bonchev–Trinajstić information content (AvgIpc) is 2.39. The molecule has 1 fully saturated rings. The van der Waals surface area contributed by atoms with Gasteiger partial charge in [-0.15, -0.1) is 0 Å². The van der Waals surface area contributed by atoms with Crippen molar-refractivity contribution in [3.05, 3.63) is 12.2 Å². The minimum Gasteiger partial charge on any atom is -0.433 e. The number of hydrogen-bond donors (Lipinski definition) is 4. The van der Waals surface area contributed by atoms with Crippen LogP contribution in [0, 0.1) is 0 Å². The van der Waals surface area contributed by atoms with Crippen molar-refractivity contribution in [2.45, 2.75) is 50.8 Å². The number of carbonyl (C=O) groups is 1. The van der Waals surface area contributed by atoms with Crippen LogP contribution in [0.3, 0.4) is 0 Å². The molecule has 2 unspecified atom stereocenters. The highest BCUT2D eigenvalue weighted by Crippen LogP contribution is 2.23. The molecule has 0 aromatic rings. The predicted octanol–water partition coefficient (Wildman–Crippen LogP) is -1.73. The third kappa shape index (κ3) is 3.98. The molecule has 1 aliphatic heterocycles. The number of carbonyl (C=O) groups excluding carboxylic acids is 1. The Hall–Kier alpha value is -1.03. The van der Waals surface area contributed by atoms with Crippen molar-refractivity contribution < 1.29 is 39.4 Å². The molecule has 1 heterocycles. The van der Waals surface area contributed by atoms with E-state index in [4.69, 9.17) is 19.3 Å². The molecule has 0 spiro atoms. The molecule has 6 atom stereocenters. The average molecular weight is 292 g/mol. The molecule has 0 amide bonds. The molecular weight excluding hydrogens is 272 g/mol. The number of hydrogen-bond acceptors (Lipinski definition) is 8. The predicted molar refractivity (Wildman–Crippen MR) is 65.2 cm³/mol. The summed E-state index contributed by atoms with van der Waals surface area (Å²) in [5, 5.41) is 37.9.